The summed E-state index contributed by atoms with van der Waals surface area (Å²) in [7, 11) is 0. The molecule has 0 aromatic carbocycles. The molecular weight excluding hydrogens is 508 g/mol. The van der Waals surface area contributed by atoms with Gasteiger partial charge in [-0.1, -0.05) is 163 Å². The van der Waals surface area contributed by atoms with Crippen LogP contribution in [0.3, 0.4) is 0 Å². The molecule has 0 bridgehead atoms. The second-order valence-corrected chi connectivity index (χ2v) is 13.4. The van der Waals surface area contributed by atoms with Crippen molar-refractivity contribution in [2.75, 3.05) is 13.2 Å². The van der Waals surface area contributed by atoms with Crippen molar-refractivity contribution in [2.24, 2.45) is 11.8 Å². The number of unbranched alkanes of at least 4 members (excludes halogenated alkanes) is 20. The highest BCUT2D eigenvalue weighted by Crippen LogP contribution is 2.15. The summed E-state index contributed by atoms with van der Waals surface area (Å²) in [6, 6.07) is 0. The molecule has 0 aliphatic rings. The van der Waals surface area contributed by atoms with Gasteiger partial charge in [-0.3, -0.25) is 9.59 Å². The van der Waals surface area contributed by atoms with Crippen molar-refractivity contribution in [3.8, 4) is 0 Å². The van der Waals surface area contributed by atoms with Gasteiger partial charge >= 0.3 is 11.9 Å². The molecule has 0 amide bonds. The van der Waals surface area contributed by atoms with Crippen LogP contribution in [0.15, 0.2) is 0 Å². The summed E-state index contributed by atoms with van der Waals surface area (Å²) in [5.41, 5.74) is 0. The fourth-order valence-corrected chi connectivity index (χ4v) is 5.37. The van der Waals surface area contributed by atoms with Crippen molar-refractivity contribution in [2.45, 2.75) is 201 Å². The number of rotatable bonds is 32. The number of hydrogen-bond donors (Lipinski definition) is 0. The minimum Gasteiger partial charge on any atom is -0.466 e. The zero-order chi connectivity index (χ0) is 30.2. The lowest BCUT2D eigenvalue weighted by atomic mass is 10.0. The lowest BCUT2D eigenvalue weighted by Crippen LogP contribution is -2.07. The van der Waals surface area contributed by atoms with Crippen LogP contribution in [-0.4, -0.2) is 25.2 Å². The van der Waals surface area contributed by atoms with E-state index in [0.717, 1.165) is 56.8 Å². The highest BCUT2D eigenvalue weighted by atomic mass is 16.5. The topological polar surface area (TPSA) is 52.6 Å². The molecule has 0 saturated heterocycles. The summed E-state index contributed by atoms with van der Waals surface area (Å²) in [5, 5.41) is 0. The van der Waals surface area contributed by atoms with E-state index < -0.39 is 0 Å². The number of carbonyl (C=O) groups is 2. The number of carbonyl (C=O) groups excluding carboxylic acids is 2. The van der Waals surface area contributed by atoms with Crippen LogP contribution in [0.25, 0.3) is 0 Å². The Kier molecular flexibility index (Phi) is 31.0. The van der Waals surface area contributed by atoms with Gasteiger partial charge in [-0.05, 0) is 37.5 Å². The van der Waals surface area contributed by atoms with E-state index in [2.05, 4.69) is 27.7 Å². The monoisotopic (exact) mass is 581 g/mol. The molecule has 0 unspecified atom stereocenters. The Morgan fingerprint density at radius 3 is 0.902 bits per heavy atom. The first-order valence-electron chi connectivity index (χ1n) is 18.2. The third-order valence-corrected chi connectivity index (χ3v) is 8.14. The average Bonchev–Trinajstić information content (AvgIpc) is 2.93. The van der Waals surface area contributed by atoms with E-state index in [1.807, 2.05) is 0 Å². The fraction of sp³-hybridized carbons (Fsp3) is 0.946. The minimum atomic E-state index is -0.0910. The Hall–Kier alpha value is -1.06. The van der Waals surface area contributed by atoms with Crippen molar-refractivity contribution in [1.29, 1.82) is 0 Å². The predicted octanol–water partition coefficient (Wildman–Crippen LogP) is 11.9. The van der Waals surface area contributed by atoms with Gasteiger partial charge < -0.3 is 9.47 Å². The first-order chi connectivity index (χ1) is 19.9. The van der Waals surface area contributed by atoms with E-state index in [4.69, 9.17) is 9.47 Å². The van der Waals surface area contributed by atoms with Gasteiger partial charge in [-0.15, -0.1) is 0 Å². The molecule has 4 nitrogen and oxygen atoms in total. The molecule has 0 rings (SSSR count). The van der Waals surface area contributed by atoms with Crippen molar-refractivity contribution in [3.63, 3.8) is 0 Å². The van der Waals surface area contributed by atoms with Crippen molar-refractivity contribution in [1.82, 2.24) is 0 Å². The predicted molar refractivity (Wildman–Crippen MR) is 176 cm³/mol. The van der Waals surface area contributed by atoms with E-state index in [1.54, 1.807) is 0 Å². The van der Waals surface area contributed by atoms with Crippen LogP contribution in [0, 0.1) is 11.8 Å². The normalized spacial score (nSPS) is 11.5. The van der Waals surface area contributed by atoms with Gasteiger partial charge in [0.15, 0.2) is 0 Å². The molecule has 0 fully saturated rings. The van der Waals surface area contributed by atoms with Gasteiger partial charge in [0.25, 0.3) is 0 Å². The quantitative estimate of drug-likeness (QED) is 0.0586. The summed E-state index contributed by atoms with van der Waals surface area (Å²) in [6.45, 7) is 10.4. The zero-order valence-electron chi connectivity index (χ0n) is 28.3. The Morgan fingerprint density at radius 2 is 0.610 bits per heavy atom. The van der Waals surface area contributed by atoms with Crippen LogP contribution < -0.4 is 0 Å². The van der Waals surface area contributed by atoms with E-state index in [-0.39, 0.29) is 11.9 Å². The molecule has 0 N–H and O–H groups in total. The molecule has 0 aliphatic carbocycles. The summed E-state index contributed by atoms with van der Waals surface area (Å²) in [4.78, 5) is 23.8. The van der Waals surface area contributed by atoms with Gasteiger partial charge in [0.1, 0.15) is 0 Å². The smallest absolute Gasteiger partial charge is 0.305 e. The van der Waals surface area contributed by atoms with Gasteiger partial charge in [-0.2, -0.15) is 0 Å². The van der Waals surface area contributed by atoms with Gasteiger partial charge in [-0.25, -0.2) is 0 Å². The van der Waals surface area contributed by atoms with Crippen LogP contribution in [0.4, 0.5) is 0 Å². The van der Waals surface area contributed by atoms with E-state index in [1.165, 1.54) is 116 Å². The second-order valence-electron chi connectivity index (χ2n) is 13.4. The van der Waals surface area contributed by atoms with Crippen molar-refractivity contribution in [3.05, 3.63) is 0 Å². The number of hydrogen-bond acceptors (Lipinski definition) is 4. The lowest BCUT2D eigenvalue weighted by Gasteiger charge is -2.06. The van der Waals surface area contributed by atoms with E-state index in [9.17, 15) is 9.59 Å². The number of esters is 2. The first-order valence-corrected chi connectivity index (χ1v) is 18.2. The molecule has 4 heteroatoms. The van der Waals surface area contributed by atoms with Crippen LogP contribution in [-0.2, 0) is 19.1 Å². The molecule has 0 spiro atoms. The van der Waals surface area contributed by atoms with E-state index >= 15 is 0 Å². The maximum absolute atomic E-state index is 11.9. The molecule has 0 aliphatic heterocycles. The van der Waals surface area contributed by atoms with Gasteiger partial charge in [0, 0.05) is 12.8 Å². The van der Waals surface area contributed by atoms with Gasteiger partial charge in [0.2, 0.25) is 0 Å². The van der Waals surface area contributed by atoms with Crippen LogP contribution in [0.1, 0.15) is 201 Å². The summed E-state index contributed by atoms with van der Waals surface area (Å²) < 4.78 is 10.7. The Balaban J connectivity index is 3.28. The first kappa shape index (κ1) is 39.9. The fourth-order valence-electron chi connectivity index (χ4n) is 5.37. The summed E-state index contributed by atoms with van der Waals surface area (Å²) >= 11 is 0. The molecule has 0 aromatic rings. The average molecular weight is 581 g/mol. The Bertz CT molecular complexity index is 509. The Labute approximate surface area is 256 Å². The van der Waals surface area contributed by atoms with Crippen molar-refractivity contribution >= 4 is 11.9 Å². The SMILES string of the molecule is CC(C)CCCCCCCCCCCCOC(=O)CCCCCC(=O)OCCCCCCCCCCCCC(C)C. The second kappa shape index (κ2) is 31.9. The Morgan fingerprint density at radius 1 is 0.366 bits per heavy atom. The lowest BCUT2D eigenvalue weighted by molar-refractivity contribution is -0.144. The maximum Gasteiger partial charge on any atom is 0.305 e. The third-order valence-electron chi connectivity index (χ3n) is 8.14. The van der Waals surface area contributed by atoms with Crippen LogP contribution in [0.5, 0.6) is 0 Å². The highest BCUT2D eigenvalue weighted by molar-refractivity contribution is 5.69. The van der Waals surface area contributed by atoms with Crippen molar-refractivity contribution < 1.29 is 19.1 Å². The third kappa shape index (κ3) is 35.0. The minimum absolute atomic E-state index is 0.0910. The van der Waals surface area contributed by atoms with E-state index in [0.29, 0.717) is 26.1 Å². The van der Waals surface area contributed by atoms with Crippen LogP contribution in [0.2, 0.25) is 0 Å². The molecule has 0 atom stereocenters. The number of ether oxygens (including phenoxy) is 2. The molecular formula is C37H72O4. The summed E-state index contributed by atoms with van der Waals surface area (Å²) in [6.07, 6.45) is 32.1. The molecule has 0 heterocycles. The molecule has 41 heavy (non-hydrogen) atoms. The zero-order valence-corrected chi connectivity index (χ0v) is 28.3. The molecule has 0 aromatic heterocycles. The van der Waals surface area contributed by atoms with Crippen LogP contribution >= 0.6 is 0 Å². The highest BCUT2D eigenvalue weighted by Gasteiger charge is 2.06. The molecule has 0 saturated carbocycles. The standard InChI is InChI=1S/C37H72O4/c1-34(2)28-22-17-13-9-5-7-11-15-19-26-32-40-36(38)30-24-21-25-31-37(39)41-33-27-20-16-12-8-6-10-14-18-23-29-35(3)4/h34-35H,5-33H2,1-4H3. The molecule has 0 radical (unpaired) electrons. The maximum atomic E-state index is 11.9. The van der Waals surface area contributed by atoms with Gasteiger partial charge in [0.05, 0.1) is 13.2 Å². The summed E-state index contributed by atoms with van der Waals surface area (Å²) in [5.74, 6) is 1.51. The largest absolute Gasteiger partial charge is 0.466 e. The molecule has 244 valence electrons.